The van der Waals surface area contributed by atoms with Crippen molar-refractivity contribution in [1.29, 1.82) is 0 Å². The maximum absolute atomic E-state index is 12.2. The van der Waals surface area contributed by atoms with E-state index in [4.69, 9.17) is 0 Å². The number of anilines is 1. The number of aromatic nitrogens is 2. The minimum atomic E-state index is -0.311. The maximum Gasteiger partial charge on any atom is 0.286 e. The molecule has 0 bridgehead atoms. The lowest BCUT2D eigenvalue weighted by Gasteiger charge is -2.12. The van der Waals surface area contributed by atoms with Crippen LogP contribution in [-0.4, -0.2) is 28.1 Å². The molecule has 2 rings (SSSR count). The van der Waals surface area contributed by atoms with Crippen LogP contribution in [0.4, 0.5) is 5.69 Å². The highest BCUT2D eigenvalue weighted by molar-refractivity contribution is 7.13. The van der Waals surface area contributed by atoms with Gasteiger partial charge in [-0.05, 0) is 38.0 Å². The van der Waals surface area contributed by atoms with Crippen molar-refractivity contribution in [3.05, 3.63) is 39.8 Å². The zero-order chi connectivity index (χ0) is 17.5. The molecule has 7 heteroatoms. The van der Waals surface area contributed by atoms with E-state index in [1.165, 1.54) is 11.3 Å². The Balaban J connectivity index is 2.05. The molecule has 1 heterocycles. The number of hydrogen-bond donors (Lipinski definition) is 2. The van der Waals surface area contributed by atoms with Crippen LogP contribution < -0.4 is 10.6 Å². The Morgan fingerprint density at radius 1 is 1.21 bits per heavy atom. The average molecular weight is 346 g/mol. The molecule has 128 valence electrons. The fourth-order valence-electron chi connectivity index (χ4n) is 1.99. The second kappa shape index (κ2) is 8.54. The van der Waals surface area contributed by atoms with E-state index in [1.807, 2.05) is 13.8 Å². The Hall–Kier alpha value is -2.28. The number of rotatable bonds is 7. The van der Waals surface area contributed by atoms with Crippen molar-refractivity contribution in [1.82, 2.24) is 15.5 Å². The van der Waals surface area contributed by atoms with Gasteiger partial charge in [0.25, 0.3) is 11.8 Å². The standard InChI is InChI=1S/C17H22N4O2S/c1-4-7-14-20-21-17(24-14)16(23)19-13-9-6-8-12(10-13)15(22)18-11(3)5-2/h6,8-11H,4-5,7H2,1-3H3,(H,18,22)(H,19,23)/t11-/m1/s1. The molecule has 1 aromatic carbocycles. The van der Waals surface area contributed by atoms with Crippen LogP contribution >= 0.6 is 11.3 Å². The minimum Gasteiger partial charge on any atom is -0.350 e. The largest absolute Gasteiger partial charge is 0.350 e. The molecule has 2 N–H and O–H groups in total. The van der Waals surface area contributed by atoms with E-state index in [-0.39, 0.29) is 17.9 Å². The van der Waals surface area contributed by atoms with Crippen molar-refractivity contribution in [3.63, 3.8) is 0 Å². The lowest BCUT2D eigenvalue weighted by molar-refractivity contribution is 0.0938. The number of nitrogens with zero attached hydrogens (tertiary/aromatic N) is 2. The third-order valence-corrected chi connectivity index (χ3v) is 4.48. The molecule has 24 heavy (non-hydrogen) atoms. The zero-order valence-corrected chi connectivity index (χ0v) is 14.9. The van der Waals surface area contributed by atoms with Crippen LogP contribution in [0.3, 0.4) is 0 Å². The number of hydrogen-bond acceptors (Lipinski definition) is 5. The molecule has 0 saturated carbocycles. The Morgan fingerprint density at radius 2 is 2.00 bits per heavy atom. The molecule has 1 aromatic heterocycles. The van der Waals surface area contributed by atoms with Gasteiger partial charge in [0.1, 0.15) is 5.01 Å². The van der Waals surface area contributed by atoms with Crippen LogP contribution in [0.15, 0.2) is 24.3 Å². The molecule has 0 fully saturated rings. The van der Waals surface area contributed by atoms with Crippen molar-refractivity contribution in [3.8, 4) is 0 Å². The van der Waals surface area contributed by atoms with Gasteiger partial charge in [0.15, 0.2) is 0 Å². The van der Waals surface area contributed by atoms with Crippen LogP contribution in [0.25, 0.3) is 0 Å². The average Bonchev–Trinajstić information content (AvgIpc) is 3.04. The maximum atomic E-state index is 12.2. The van der Waals surface area contributed by atoms with E-state index < -0.39 is 0 Å². The molecule has 0 unspecified atom stereocenters. The van der Waals surface area contributed by atoms with Gasteiger partial charge in [-0.1, -0.05) is 31.3 Å². The monoisotopic (exact) mass is 346 g/mol. The molecular formula is C17H22N4O2S. The molecule has 0 spiro atoms. The van der Waals surface area contributed by atoms with E-state index >= 15 is 0 Å². The van der Waals surface area contributed by atoms with Crippen molar-refractivity contribution < 1.29 is 9.59 Å². The number of carbonyl (C=O) groups excluding carboxylic acids is 2. The summed E-state index contributed by atoms with van der Waals surface area (Å²) in [5.41, 5.74) is 1.07. The van der Waals surface area contributed by atoms with Crippen LogP contribution in [0, 0.1) is 0 Å². The molecule has 2 aromatic rings. The van der Waals surface area contributed by atoms with E-state index in [1.54, 1.807) is 24.3 Å². The summed E-state index contributed by atoms with van der Waals surface area (Å²) in [7, 11) is 0. The van der Waals surface area contributed by atoms with Crippen molar-refractivity contribution >= 4 is 28.8 Å². The fourth-order valence-corrected chi connectivity index (χ4v) is 2.83. The predicted octanol–water partition coefficient (Wildman–Crippen LogP) is 3.27. The van der Waals surface area contributed by atoms with Crippen molar-refractivity contribution in [2.75, 3.05) is 5.32 Å². The first-order valence-corrected chi connectivity index (χ1v) is 8.89. The quantitative estimate of drug-likeness (QED) is 0.806. The van der Waals surface area contributed by atoms with Gasteiger partial charge >= 0.3 is 0 Å². The Labute approximate surface area is 145 Å². The fraction of sp³-hybridized carbons (Fsp3) is 0.412. The van der Waals surface area contributed by atoms with Gasteiger partial charge in [0.2, 0.25) is 5.01 Å². The number of benzene rings is 1. The minimum absolute atomic E-state index is 0.106. The lowest BCUT2D eigenvalue weighted by Crippen LogP contribution is -2.31. The zero-order valence-electron chi connectivity index (χ0n) is 14.1. The van der Waals surface area contributed by atoms with Crippen molar-refractivity contribution in [2.24, 2.45) is 0 Å². The second-order valence-corrected chi connectivity index (χ2v) is 6.63. The van der Waals surface area contributed by atoms with Crippen LogP contribution in [0.1, 0.15) is 58.8 Å². The first-order valence-electron chi connectivity index (χ1n) is 8.08. The first-order chi connectivity index (χ1) is 11.5. The number of amides is 2. The van der Waals surface area contributed by atoms with Gasteiger partial charge < -0.3 is 10.6 Å². The van der Waals surface area contributed by atoms with Gasteiger partial charge in [-0.3, -0.25) is 9.59 Å². The number of carbonyl (C=O) groups is 2. The smallest absolute Gasteiger partial charge is 0.286 e. The van der Waals surface area contributed by atoms with Gasteiger partial charge in [-0.15, -0.1) is 10.2 Å². The summed E-state index contributed by atoms with van der Waals surface area (Å²) < 4.78 is 0. The molecule has 0 aliphatic rings. The Bertz CT molecular complexity index is 714. The van der Waals surface area contributed by atoms with Gasteiger partial charge in [0, 0.05) is 23.7 Å². The number of nitrogens with one attached hydrogen (secondary N) is 2. The van der Waals surface area contributed by atoms with Gasteiger partial charge in [0.05, 0.1) is 0 Å². The van der Waals surface area contributed by atoms with Gasteiger partial charge in [-0.25, -0.2) is 0 Å². The summed E-state index contributed by atoms with van der Waals surface area (Å²) in [6.07, 6.45) is 2.64. The topological polar surface area (TPSA) is 84.0 Å². The predicted molar refractivity (Wildman–Crippen MR) is 95.5 cm³/mol. The van der Waals surface area contributed by atoms with E-state index in [0.29, 0.717) is 16.3 Å². The molecule has 0 radical (unpaired) electrons. The SMILES string of the molecule is CCCc1nnc(C(=O)Nc2cccc(C(=O)N[C@H](C)CC)c2)s1. The van der Waals surface area contributed by atoms with Crippen LogP contribution in [0.2, 0.25) is 0 Å². The van der Waals surface area contributed by atoms with Crippen LogP contribution in [0.5, 0.6) is 0 Å². The Kier molecular flexibility index (Phi) is 6.43. The van der Waals surface area contributed by atoms with Crippen molar-refractivity contribution in [2.45, 2.75) is 46.1 Å². The molecule has 6 nitrogen and oxygen atoms in total. The van der Waals surface area contributed by atoms with E-state index in [9.17, 15) is 9.59 Å². The highest BCUT2D eigenvalue weighted by atomic mass is 32.1. The second-order valence-electron chi connectivity index (χ2n) is 5.57. The number of aryl methyl sites for hydroxylation is 1. The molecule has 0 aliphatic carbocycles. The molecular weight excluding hydrogens is 324 g/mol. The lowest BCUT2D eigenvalue weighted by atomic mass is 10.1. The third kappa shape index (κ3) is 4.86. The molecule has 0 saturated heterocycles. The summed E-state index contributed by atoms with van der Waals surface area (Å²) in [6.45, 7) is 6.01. The van der Waals surface area contributed by atoms with E-state index in [0.717, 1.165) is 24.3 Å². The Morgan fingerprint density at radius 3 is 2.71 bits per heavy atom. The highest BCUT2D eigenvalue weighted by Crippen LogP contribution is 2.16. The summed E-state index contributed by atoms with van der Waals surface area (Å²) in [4.78, 5) is 24.4. The summed E-state index contributed by atoms with van der Waals surface area (Å²) in [5, 5.41) is 14.8. The molecule has 0 aliphatic heterocycles. The summed E-state index contributed by atoms with van der Waals surface area (Å²) in [6, 6.07) is 6.96. The van der Waals surface area contributed by atoms with Gasteiger partial charge in [-0.2, -0.15) is 0 Å². The third-order valence-electron chi connectivity index (χ3n) is 3.50. The summed E-state index contributed by atoms with van der Waals surface area (Å²) in [5.74, 6) is -0.462. The molecule has 1 atom stereocenters. The summed E-state index contributed by atoms with van der Waals surface area (Å²) >= 11 is 1.29. The molecule has 2 amide bonds. The van der Waals surface area contributed by atoms with E-state index in [2.05, 4.69) is 27.8 Å². The normalized spacial score (nSPS) is 11.8. The highest BCUT2D eigenvalue weighted by Gasteiger charge is 2.14. The first kappa shape index (κ1) is 18.1. The van der Waals surface area contributed by atoms with Crippen LogP contribution in [-0.2, 0) is 6.42 Å².